The third-order valence-corrected chi connectivity index (χ3v) is 10.3. The number of nitrogens with two attached hydrogens (primary N) is 1. The van der Waals surface area contributed by atoms with Crippen LogP contribution in [0.5, 0.6) is 5.75 Å². The summed E-state index contributed by atoms with van der Waals surface area (Å²) in [7, 11) is -4.05. The van der Waals surface area contributed by atoms with Crippen LogP contribution in [0.25, 0.3) is 6.08 Å². The molecule has 188 valence electrons. The maximum absolute atomic E-state index is 13.1. The van der Waals surface area contributed by atoms with Crippen LogP contribution in [-0.4, -0.2) is 24.9 Å². The Balaban J connectivity index is 1.36. The number of hydrogen-bond donors (Lipinski definition) is 2. The molecule has 1 heterocycles. The van der Waals surface area contributed by atoms with Crippen molar-refractivity contribution in [1.82, 2.24) is 0 Å². The normalized spacial score (nSPS) is 31.9. The SMILES string of the molecule is C[C@](O)(C(=O)/C=C/c1cccs1)C1CC[C@H]2[C@@H]3CCc4cc(OS(N)(=O)=O)ccc4[C@H]3CC[C@]12C. The highest BCUT2D eigenvalue weighted by Gasteiger charge is 2.60. The van der Waals surface area contributed by atoms with E-state index >= 15 is 0 Å². The van der Waals surface area contributed by atoms with E-state index in [0.717, 1.165) is 49.0 Å². The average molecular weight is 516 g/mol. The lowest BCUT2D eigenvalue weighted by molar-refractivity contribution is -0.144. The summed E-state index contributed by atoms with van der Waals surface area (Å²) in [5, 5.41) is 18.5. The van der Waals surface area contributed by atoms with Crippen LogP contribution in [0.2, 0.25) is 0 Å². The minimum Gasteiger partial charge on any atom is -0.382 e. The summed E-state index contributed by atoms with van der Waals surface area (Å²) in [6.07, 6.45) is 9.03. The number of thiophene rings is 1. The molecule has 0 radical (unpaired) electrons. The molecular weight excluding hydrogens is 482 g/mol. The second-order valence-corrected chi connectivity index (χ2v) is 13.0. The minimum absolute atomic E-state index is 0.0756. The van der Waals surface area contributed by atoms with E-state index in [2.05, 4.69) is 6.92 Å². The molecule has 1 aromatic carbocycles. The van der Waals surface area contributed by atoms with E-state index in [1.54, 1.807) is 36.5 Å². The molecule has 0 amide bonds. The summed E-state index contributed by atoms with van der Waals surface area (Å²) < 4.78 is 27.5. The number of ketones is 1. The largest absolute Gasteiger partial charge is 0.382 e. The van der Waals surface area contributed by atoms with Crippen molar-refractivity contribution in [2.24, 2.45) is 28.3 Å². The van der Waals surface area contributed by atoms with Gasteiger partial charge in [-0.1, -0.05) is 19.1 Å². The molecule has 1 unspecified atom stereocenters. The molecule has 2 fully saturated rings. The predicted molar refractivity (Wildman–Crippen MR) is 137 cm³/mol. The van der Waals surface area contributed by atoms with Gasteiger partial charge in [-0.15, -0.1) is 11.3 Å². The van der Waals surface area contributed by atoms with E-state index in [0.29, 0.717) is 17.8 Å². The average Bonchev–Trinajstić information content (AvgIpc) is 3.43. The van der Waals surface area contributed by atoms with Gasteiger partial charge in [0.15, 0.2) is 5.78 Å². The highest BCUT2D eigenvalue weighted by atomic mass is 32.2. The Morgan fingerprint density at radius 1 is 1.26 bits per heavy atom. The Labute approximate surface area is 211 Å². The van der Waals surface area contributed by atoms with Gasteiger partial charge in [-0.2, -0.15) is 13.6 Å². The topological polar surface area (TPSA) is 107 Å². The third-order valence-electron chi connectivity index (χ3n) is 9.03. The molecule has 5 rings (SSSR count). The summed E-state index contributed by atoms with van der Waals surface area (Å²) in [6.45, 7) is 4.00. The van der Waals surface area contributed by atoms with Crippen molar-refractivity contribution in [1.29, 1.82) is 0 Å². The zero-order valence-electron chi connectivity index (χ0n) is 20.1. The molecule has 3 aliphatic rings. The predicted octanol–water partition coefficient (Wildman–Crippen LogP) is 4.84. The molecule has 2 saturated carbocycles. The van der Waals surface area contributed by atoms with Gasteiger partial charge in [0, 0.05) is 10.8 Å². The van der Waals surface area contributed by atoms with Crippen LogP contribution in [0.4, 0.5) is 0 Å². The van der Waals surface area contributed by atoms with Crippen molar-refractivity contribution < 1.29 is 22.5 Å². The molecule has 0 spiro atoms. The number of aliphatic hydroxyl groups is 1. The molecule has 6 nitrogen and oxygen atoms in total. The molecule has 3 aliphatic carbocycles. The number of fused-ring (bicyclic) bond motifs is 5. The quantitative estimate of drug-likeness (QED) is 0.536. The van der Waals surface area contributed by atoms with Crippen LogP contribution in [0.3, 0.4) is 0 Å². The van der Waals surface area contributed by atoms with E-state index in [4.69, 9.17) is 9.32 Å². The smallest absolute Gasteiger partial charge is 0.380 e. The Morgan fingerprint density at radius 3 is 2.77 bits per heavy atom. The van der Waals surface area contributed by atoms with Crippen molar-refractivity contribution in [2.75, 3.05) is 0 Å². The van der Waals surface area contributed by atoms with Crippen molar-refractivity contribution in [3.8, 4) is 5.75 Å². The lowest BCUT2D eigenvalue weighted by atomic mass is 9.52. The molecule has 3 N–H and O–H groups in total. The van der Waals surface area contributed by atoms with Crippen LogP contribution in [0.15, 0.2) is 41.8 Å². The van der Waals surface area contributed by atoms with Crippen molar-refractivity contribution in [3.63, 3.8) is 0 Å². The van der Waals surface area contributed by atoms with Crippen molar-refractivity contribution in [2.45, 2.75) is 63.9 Å². The van der Waals surface area contributed by atoms with Gasteiger partial charge in [-0.25, -0.2) is 0 Å². The van der Waals surface area contributed by atoms with Crippen LogP contribution >= 0.6 is 11.3 Å². The summed E-state index contributed by atoms with van der Waals surface area (Å²) >= 11 is 1.57. The lowest BCUT2D eigenvalue weighted by Crippen LogP contribution is -2.51. The first-order valence-electron chi connectivity index (χ1n) is 12.3. The Kier molecular flexibility index (Phi) is 6.23. The van der Waals surface area contributed by atoms with Crippen LogP contribution in [-0.2, 0) is 21.5 Å². The van der Waals surface area contributed by atoms with Crippen LogP contribution < -0.4 is 9.32 Å². The minimum atomic E-state index is -4.05. The number of carbonyl (C=O) groups is 1. The monoisotopic (exact) mass is 515 g/mol. The summed E-state index contributed by atoms with van der Waals surface area (Å²) in [5.74, 6) is 1.31. The van der Waals surface area contributed by atoms with Crippen molar-refractivity contribution >= 4 is 33.5 Å². The fourth-order valence-electron chi connectivity index (χ4n) is 7.55. The highest BCUT2D eigenvalue weighted by molar-refractivity contribution is 7.84. The molecular formula is C27H33NO5S2. The number of benzene rings is 1. The molecule has 8 heteroatoms. The van der Waals surface area contributed by atoms with E-state index in [9.17, 15) is 18.3 Å². The summed E-state index contributed by atoms with van der Waals surface area (Å²) in [4.78, 5) is 14.1. The highest BCUT2D eigenvalue weighted by Crippen LogP contribution is 2.65. The number of aryl methyl sites for hydroxylation is 1. The van der Waals surface area contributed by atoms with E-state index < -0.39 is 15.9 Å². The maximum Gasteiger partial charge on any atom is 0.380 e. The van der Waals surface area contributed by atoms with E-state index in [1.165, 1.54) is 5.56 Å². The fourth-order valence-corrected chi connectivity index (χ4v) is 8.54. The maximum atomic E-state index is 13.1. The molecule has 6 atom stereocenters. The molecule has 0 bridgehead atoms. The molecule has 35 heavy (non-hydrogen) atoms. The summed E-state index contributed by atoms with van der Waals surface area (Å²) in [5.41, 5.74) is 0.920. The van der Waals surface area contributed by atoms with Crippen LogP contribution in [0, 0.1) is 23.2 Å². The Bertz CT molecular complexity index is 1250. The standard InChI is InChI=1S/C27H33NO5S2/c1-26-14-13-21-20-9-6-18(33-35(28,31)32)16-17(20)5-8-22(21)23(26)10-11-24(26)27(2,30)25(29)12-7-19-4-3-15-34-19/h3-4,6-7,9,12,15-16,21-24,30H,5,8,10-11,13-14H2,1-2H3,(H2,28,31,32)/b12-7+/t21-,22-,23+,24?,26+,27-/m1/s1. The number of hydrogen-bond acceptors (Lipinski definition) is 6. The zero-order valence-corrected chi connectivity index (χ0v) is 21.8. The van der Waals surface area contributed by atoms with Crippen molar-refractivity contribution in [3.05, 3.63) is 57.8 Å². The zero-order chi connectivity index (χ0) is 25.0. The first-order chi connectivity index (χ1) is 16.5. The molecule has 0 saturated heterocycles. The first kappa shape index (κ1) is 24.7. The first-order valence-corrected chi connectivity index (χ1v) is 14.7. The van der Waals surface area contributed by atoms with Gasteiger partial charge in [0.1, 0.15) is 11.4 Å². The fraction of sp³-hybridized carbons (Fsp3) is 0.519. The van der Waals surface area contributed by atoms with Gasteiger partial charge in [-0.05, 0) is 115 Å². The van der Waals surface area contributed by atoms with Gasteiger partial charge >= 0.3 is 10.3 Å². The van der Waals surface area contributed by atoms with Gasteiger partial charge < -0.3 is 9.29 Å². The Morgan fingerprint density at radius 2 is 2.06 bits per heavy atom. The van der Waals surface area contributed by atoms with E-state index in [-0.39, 0.29) is 22.9 Å². The molecule has 0 aliphatic heterocycles. The Hall–Kier alpha value is -2.00. The lowest BCUT2D eigenvalue weighted by Gasteiger charge is -2.52. The molecule has 2 aromatic rings. The van der Waals surface area contributed by atoms with E-state index in [1.807, 2.05) is 29.6 Å². The van der Waals surface area contributed by atoms with Gasteiger partial charge in [0.25, 0.3) is 0 Å². The second-order valence-electron chi connectivity index (χ2n) is 10.9. The number of carbonyl (C=O) groups excluding carboxylic acids is 1. The number of rotatable bonds is 6. The van der Waals surface area contributed by atoms with Gasteiger partial charge in [0.2, 0.25) is 0 Å². The third kappa shape index (κ3) is 4.50. The van der Waals surface area contributed by atoms with Gasteiger partial charge in [-0.3, -0.25) is 4.79 Å². The second kappa shape index (κ2) is 8.83. The van der Waals surface area contributed by atoms with Crippen LogP contribution in [0.1, 0.15) is 67.9 Å². The summed E-state index contributed by atoms with van der Waals surface area (Å²) in [6, 6.07) is 9.41. The van der Waals surface area contributed by atoms with Gasteiger partial charge in [0.05, 0.1) is 0 Å². The molecule has 1 aromatic heterocycles.